The molecule has 0 bridgehead atoms. The van der Waals surface area contributed by atoms with Crippen molar-refractivity contribution in [2.45, 2.75) is 30.6 Å². The van der Waals surface area contributed by atoms with Gasteiger partial charge in [-0.3, -0.25) is 0 Å². The highest BCUT2D eigenvalue weighted by Crippen LogP contribution is 2.33. The van der Waals surface area contributed by atoms with Crippen molar-refractivity contribution in [3.63, 3.8) is 0 Å². The van der Waals surface area contributed by atoms with Crippen molar-refractivity contribution in [3.8, 4) is 0 Å². The molecule has 0 N–H and O–H groups in total. The Bertz CT molecular complexity index is 706. The third kappa shape index (κ3) is 3.92. The minimum Gasteiger partial charge on any atom is -0.203 e. The van der Waals surface area contributed by atoms with E-state index < -0.39 is 33.3 Å². The molecule has 1 aromatic rings. The highest BCUT2D eigenvalue weighted by Gasteiger charge is 2.52. The van der Waals surface area contributed by atoms with E-state index in [0.717, 1.165) is 24.3 Å². The Labute approximate surface area is 134 Å². The summed E-state index contributed by atoms with van der Waals surface area (Å²) < 4.78 is 98.5. The van der Waals surface area contributed by atoms with Gasteiger partial charge in [0, 0.05) is 12.6 Å². The van der Waals surface area contributed by atoms with E-state index in [1.165, 1.54) is 12.2 Å². The normalized spacial score (nSPS) is 20.8. The fourth-order valence-corrected chi connectivity index (χ4v) is 3.56. The molecular formula is C14H13F6NO2S. The molecule has 1 unspecified atom stereocenters. The number of nitrogens with zero attached hydrogens (tertiary/aromatic N) is 1. The molecule has 0 spiro atoms. The van der Waals surface area contributed by atoms with Crippen LogP contribution in [0.15, 0.2) is 30.3 Å². The van der Waals surface area contributed by atoms with Crippen molar-refractivity contribution in [1.82, 2.24) is 4.31 Å². The van der Waals surface area contributed by atoms with Gasteiger partial charge in [-0.25, -0.2) is 8.42 Å². The standard InChI is InChI=1S/C14H13F6NO2S/c15-13(16,17)11-6-3-10(4-7-11)5-8-12-2-1-9-21(12)24(22,23)14(18,19)20/h3-8,12H,1-2,9H2/b8-5+. The van der Waals surface area contributed by atoms with Crippen LogP contribution in [0.3, 0.4) is 0 Å². The van der Waals surface area contributed by atoms with E-state index in [2.05, 4.69) is 0 Å². The van der Waals surface area contributed by atoms with Crippen LogP contribution in [-0.2, 0) is 16.2 Å². The number of rotatable bonds is 3. The van der Waals surface area contributed by atoms with E-state index in [1.54, 1.807) is 0 Å². The molecule has 1 aliphatic heterocycles. The van der Waals surface area contributed by atoms with Crippen molar-refractivity contribution in [2.75, 3.05) is 6.54 Å². The third-order valence-electron chi connectivity index (χ3n) is 3.60. The predicted octanol–water partition coefficient (Wildman–Crippen LogP) is 4.03. The van der Waals surface area contributed by atoms with E-state index in [1.807, 2.05) is 0 Å². The molecule has 1 aromatic carbocycles. The quantitative estimate of drug-likeness (QED) is 0.751. The maximum atomic E-state index is 12.6. The third-order valence-corrected chi connectivity index (χ3v) is 5.25. The Morgan fingerprint density at radius 3 is 2.12 bits per heavy atom. The fraction of sp³-hybridized carbons (Fsp3) is 0.429. The van der Waals surface area contributed by atoms with E-state index >= 15 is 0 Å². The molecule has 1 heterocycles. The average Bonchev–Trinajstić information content (AvgIpc) is 2.92. The van der Waals surface area contributed by atoms with Crippen molar-refractivity contribution in [2.24, 2.45) is 0 Å². The summed E-state index contributed by atoms with van der Waals surface area (Å²) in [6.45, 7) is -0.246. The summed E-state index contributed by atoms with van der Waals surface area (Å²) in [6, 6.07) is 3.05. The lowest BCUT2D eigenvalue weighted by Gasteiger charge is -2.22. The smallest absolute Gasteiger partial charge is 0.203 e. The highest BCUT2D eigenvalue weighted by atomic mass is 32.2. The first kappa shape index (κ1) is 18.8. The molecule has 0 aromatic heterocycles. The largest absolute Gasteiger partial charge is 0.511 e. The summed E-state index contributed by atoms with van der Waals surface area (Å²) in [5.74, 6) is 0. The number of alkyl halides is 6. The van der Waals surface area contributed by atoms with Gasteiger partial charge in [-0.2, -0.15) is 30.6 Å². The molecule has 0 radical (unpaired) electrons. The van der Waals surface area contributed by atoms with Gasteiger partial charge in [0.25, 0.3) is 0 Å². The molecule has 1 atom stereocenters. The van der Waals surface area contributed by atoms with E-state index in [4.69, 9.17) is 0 Å². The van der Waals surface area contributed by atoms with Crippen LogP contribution in [0.5, 0.6) is 0 Å². The monoisotopic (exact) mass is 373 g/mol. The second-order valence-corrected chi connectivity index (χ2v) is 7.13. The molecule has 0 amide bonds. The predicted molar refractivity (Wildman–Crippen MR) is 75.2 cm³/mol. The molecule has 0 aliphatic carbocycles. The van der Waals surface area contributed by atoms with Gasteiger partial charge < -0.3 is 0 Å². The second kappa shape index (κ2) is 6.40. The first-order valence-corrected chi connectivity index (χ1v) is 8.30. The Kier molecular flexibility index (Phi) is 5.01. The van der Waals surface area contributed by atoms with Crippen LogP contribution in [0.2, 0.25) is 0 Å². The zero-order valence-corrected chi connectivity index (χ0v) is 12.9. The molecule has 24 heavy (non-hydrogen) atoms. The first-order valence-electron chi connectivity index (χ1n) is 6.86. The average molecular weight is 373 g/mol. The van der Waals surface area contributed by atoms with Crippen LogP contribution < -0.4 is 0 Å². The van der Waals surface area contributed by atoms with Crippen LogP contribution in [0, 0.1) is 0 Å². The van der Waals surface area contributed by atoms with Gasteiger partial charge in [0.2, 0.25) is 0 Å². The van der Waals surface area contributed by atoms with Gasteiger partial charge in [0.15, 0.2) is 0 Å². The summed E-state index contributed by atoms with van der Waals surface area (Å²) in [6.07, 6.45) is -1.41. The zero-order chi connectivity index (χ0) is 18.2. The Balaban J connectivity index is 2.16. The lowest BCUT2D eigenvalue weighted by atomic mass is 10.1. The summed E-state index contributed by atoms with van der Waals surface area (Å²) in [5.41, 5.74) is -5.89. The molecule has 0 saturated carbocycles. The molecule has 134 valence electrons. The van der Waals surface area contributed by atoms with Gasteiger partial charge in [-0.05, 0) is 30.5 Å². The maximum absolute atomic E-state index is 12.6. The lowest BCUT2D eigenvalue weighted by molar-refractivity contribution is -0.137. The molecule has 1 saturated heterocycles. The van der Waals surface area contributed by atoms with E-state index in [-0.39, 0.29) is 19.4 Å². The van der Waals surface area contributed by atoms with Crippen molar-refractivity contribution < 1.29 is 34.8 Å². The number of benzene rings is 1. The van der Waals surface area contributed by atoms with E-state index in [0.29, 0.717) is 9.87 Å². The Hall–Kier alpha value is -1.55. The molecule has 10 heteroatoms. The molecule has 1 aliphatic rings. The minimum absolute atomic E-state index is 0.215. The van der Waals surface area contributed by atoms with Gasteiger partial charge in [0.05, 0.1) is 5.56 Å². The number of hydrogen-bond acceptors (Lipinski definition) is 2. The zero-order valence-electron chi connectivity index (χ0n) is 12.1. The number of hydrogen-bond donors (Lipinski definition) is 0. The van der Waals surface area contributed by atoms with Crippen molar-refractivity contribution >= 4 is 16.1 Å². The Morgan fingerprint density at radius 2 is 1.62 bits per heavy atom. The molecule has 3 nitrogen and oxygen atoms in total. The number of halogens is 6. The van der Waals surface area contributed by atoms with Crippen LogP contribution in [0.4, 0.5) is 26.3 Å². The van der Waals surface area contributed by atoms with Gasteiger partial charge >= 0.3 is 21.7 Å². The van der Waals surface area contributed by atoms with Crippen LogP contribution in [0.25, 0.3) is 6.08 Å². The van der Waals surface area contributed by atoms with Gasteiger partial charge in [-0.15, -0.1) is 0 Å². The molecular weight excluding hydrogens is 360 g/mol. The van der Waals surface area contributed by atoms with E-state index in [9.17, 15) is 34.8 Å². The SMILES string of the molecule is O=S(=O)(N1CCCC1/C=C/c1ccc(C(F)(F)F)cc1)C(F)(F)F. The van der Waals surface area contributed by atoms with Crippen LogP contribution in [-0.4, -0.2) is 30.8 Å². The second-order valence-electron chi connectivity index (χ2n) is 5.25. The van der Waals surface area contributed by atoms with Crippen molar-refractivity contribution in [3.05, 3.63) is 41.5 Å². The van der Waals surface area contributed by atoms with Crippen molar-refractivity contribution in [1.29, 1.82) is 0 Å². The maximum Gasteiger partial charge on any atom is 0.511 e. The van der Waals surface area contributed by atoms with Gasteiger partial charge in [-0.1, -0.05) is 24.3 Å². The molecule has 1 fully saturated rings. The minimum atomic E-state index is -5.42. The lowest BCUT2D eigenvalue weighted by Crippen LogP contribution is -2.42. The number of sulfonamides is 1. The first-order chi connectivity index (χ1) is 10.9. The Morgan fingerprint density at radius 1 is 1.04 bits per heavy atom. The van der Waals surface area contributed by atoms with Crippen LogP contribution >= 0.6 is 0 Å². The highest BCUT2D eigenvalue weighted by molar-refractivity contribution is 7.90. The topological polar surface area (TPSA) is 37.4 Å². The fourth-order valence-electron chi connectivity index (χ4n) is 2.40. The van der Waals surface area contributed by atoms with Gasteiger partial charge in [0.1, 0.15) is 0 Å². The summed E-state index contributed by atoms with van der Waals surface area (Å²) in [5, 5.41) is 0. The van der Waals surface area contributed by atoms with Crippen LogP contribution in [0.1, 0.15) is 24.0 Å². The summed E-state index contributed by atoms with van der Waals surface area (Å²) in [7, 11) is -5.42. The molecule has 2 rings (SSSR count). The summed E-state index contributed by atoms with van der Waals surface area (Å²) >= 11 is 0. The summed E-state index contributed by atoms with van der Waals surface area (Å²) in [4.78, 5) is 0.